The predicted octanol–water partition coefficient (Wildman–Crippen LogP) is 2.33. The Morgan fingerprint density at radius 1 is 1.47 bits per heavy atom. The molecule has 0 aliphatic carbocycles. The highest BCUT2D eigenvalue weighted by molar-refractivity contribution is 7.10. The van der Waals surface area contributed by atoms with Crippen molar-refractivity contribution in [1.82, 2.24) is 4.90 Å². The van der Waals surface area contributed by atoms with Crippen LogP contribution in [0.5, 0.6) is 5.75 Å². The molecule has 2 atom stereocenters. The van der Waals surface area contributed by atoms with Crippen LogP contribution in [-0.2, 0) is 4.79 Å². The van der Waals surface area contributed by atoms with E-state index < -0.39 is 11.7 Å². The molecule has 0 unspecified atom stereocenters. The average molecular weight is 281 g/mol. The minimum Gasteiger partial charge on any atom is -0.484 e. The van der Waals surface area contributed by atoms with Gasteiger partial charge in [-0.3, -0.25) is 4.79 Å². The van der Waals surface area contributed by atoms with Gasteiger partial charge >= 0.3 is 0 Å². The lowest BCUT2D eigenvalue weighted by atomic mass is 9.88. The zero-order chi connectivity index (χ0) is 13.6. The van der Waals surface area contributed by atoms with Gasteiger partial charge in [-0.1, -0.05) is 0 Å². The number of aliphatic hydroxyl groups excluding tert-OH is 1. The largest absolute Gasteiger partial charge is 0.484 e. The van der Waals surface area contributed by atoms with Gasteiger partial charge < -0.3 is 14.7 Å². The first-order valence-electron chi connectivity index (χ1n) is 6.74. The summed E-state index contributed by atoms with van der Waals surface area (Å²) in [5.41, 5.74) is -0.670. The van der Waals surface area contributed by atoms with Gasteiger partial charge in [0, 0.05) is 13.0 Å². The van der Waals surface area contributed by atoms with E-state index in [0.717, 1.165) is 30.0 Å². The summed E-state index contributed by atoms with van der Waals surface area (Å²) in [6, 6.07) is 1.67. The van der Waals surface area contributed by atoms with E-state index in [1.54, 1.807) is 11.3 Å². The molecule has 104 valence electrons. The molecule has 1 aromatic heterocycles. The van der Waals surface area contributed by atoms with Gasteiger partial charge in [0.2, 0.25) is 5.91 Å². The van der Waals surface area contributed by atoms with Crippen LogP contribution in [0.4, 0.5) is 0 Å². The van der Waals surface area contributed by atoms with Gasteiger partial charge in [-0.25, -0.2) is 0 Å². The summed E-state index contributed by atoms with van der Waals surface area (Å²) in [4.78, 5) is 15.0. The lowest BCUT2D eigenvalue weighted by Gasteiger charge is -2.46. The number of carbonyl (C=O) groups excluding carboxylic acids is 1. The van der Waals surface area contributed by atoms with Crippen molar-refractivity contribution in [2.24, 2.45) is 0 Å². The number of rotatable bonds is 1. The van der Waals surface area contributed by atoms with Gasteiger partial charge in [0.25, 0.3) is 0 Å². The number of ether oxygens (including phenoxy) is 1. The Kier molecular flexibility index (Phi) is 3.06. The van der Waals surface area contributed by atoms with Crippen molar-refractivity contribution >= 4 is 17.2 Å². The monoisotopic (exact) mass is 281 g/mol. The fourth-order valence-corrected chi connectivity index (χ4v) is 3.87. The van der Waals surface area contributed by atoms with E-state index in [-0.39, 0.29) is 11.9 Å². The first-order valence-corrected chi connectivity index (χ1v) is 7.62. The van der Waals surface area contributed by atoms with Crippen LogP contribution in [0.25, 0.3) is 0 Å². The Bertz CT molecular complexity index is 497. The van der Waals surface area contributed by atoms with Gasteiger partial charge in [-0.2, -0.15) is 0 Å². The van der Waals surface area contributed by atoms with Gasteiger partial charge in [0.05, 0.1) is 10.9 Å². The van der Waals surface area contributed by atoms with Crippen molar-refractivity contribution in [1.29, 1.82) is 0 Å². The first-order chi connectivity index (χ1) is 9.00. The van der Waals surface area contributed by atoms with E-state index in [0.29, 0.717) is 6.42 Å². The maximum Gasteiger partial charge on any atom is 0.223 e. The lowest BCUT2D eigenvalue weighted by Crippen LogP contribution is -2.55. The van der Waals surface area contributed by atoms with Crippen LogP contribution in [0.15, 0.2) is 11.4 Å². The fourth-order valence-electron chi connectivity index (χ4n) is 2.91. The summed E-state index contributed by atoms with van der Waals surface area (Å²) in [5, 5.41) is 12.6. The molecule has 0 saturated carbocycles. The molecule has 3 rings (SSSR count). The molecule has 1 fully saturated rings. The number of nitrogens with zero attached hydrogens (tertiary/aromatic N) is 1. The quantitative estimate of drug-likeness (QED) is 0.859. The second kappa shape index (κ2) is 4.49. The number of hydrogen-bond donors (Lipinski definition) is 1. The van der Waals surface area contributed by atoms with Crippen molar-refractivity contribution < 1.29 is 14.6 Å². The number of likely N-dealkylation sites (tertiary alicyclic amines) is 1. The molecule has 1 aromatic rings. The second-order valence-corrected chi connectivity index (χ2v) is 6.74. The molecule has 1 N–H and O–H groups in total. The van der Waals surface area contributed by atoms with E-state index in [2.05, 4.69) is 0 Å². The molecule has 5 heteroatoms. The number of carbonyl (C=O) groups is 1. The van der Waals surface area contributed by atoms with E-state index >= 15 is 0 Å². The summed E-state index contributed by atoms with van der Waals surface area (Å²) >= 11 is 1.55. The maximum atomic E-state index is 12.2. The van der Waals surface area contributed by atoms with Crippen molar-refractivity contribution in [3.05, 3.63) is 16.3 Å². The van der Waals surface area contributed by atoms with Crippen molar-refractivity contribution in [3.63, 3.8) is 0 Å². The van der Waals surface area contributed by atoms with Crippen LogP contribution in [0.3, 0.4) is 0 Å². The molecular formula is C14H19NO3S. The molecule has 0 spiro atoms. The Balaban J connectivity index is 2.01. The molecule has 1 amide bonds. The summed E-state index contributed by atoms with van der Waals surface area (Å²) in [6.45, 7) is 4.48. The SMILES string of the molecule is CC1(C)Oc2ccsc2[C@@H](N2CCCCC2=O)[C@@H]1O. The van der Waals surface area contributed by atoms with E-state index in [9.17, 15) is 9.90 Å². The topological polar surface area (TPSA) is 49.8 Å². The third-order valence-corrected chi connectivity index (χ3v) is 4.97. The van der Waals surface area contributed by atoms with Crippen LogP contribution in [0.2, 0.25) is 0 Å². The Morgan fingerprint density at radius 2 is 2.26 bits per heavy atom. The number of piperidine rings is 1. The maximum absolute atomic E-state index is 12.2. The smallest absolute Gasteiger partial charge is 0.223 e. The molecule has 2 aliphatic rings. The summed E-state index contributed by atoms with van der Waals surface area (Å²) in [5.74, 6) is 0.955. The third kappa shape index (κ3) is 2.05. The zero-order valence-electron chi connectivity index (χ0n) is 11.3. The van der Waals surface area contributed by atoms with E-state index in [4.69, 9.17) is 4.74 Å². The van der Waals surface area contributed by atoms with Crippen LogP contribution in [0, 0.1) is 0 Å². The van der Waals surface area contributed by atoms with E-state index in [1.165, 1.54) is 0 Å². The number of thiophene rings is 1. The average Bonchev–Trinajstić information content (AvgIpc) is 2.79. The van der Waals surface area contributed by atoms with Crippen molar-refractivity contribution in [2.45, 2.75) is 50.9 Å². The van der Waals surface area contributed by atoms with Gasteiger partial charge in [-0.05, 0) is 38.1 Å². The van der Waals surface area contributed by atoms with Crippen LogP contribution in [-0.4, -0.2) is 34.2 Å². The number of hydrogen-bond acceptors (Lipinski definition) is 4. The third-order valence-electron chi connectivity index (χ3n) is 4.01. The van der Waals surface area contributed by atoms with Gasteiger partial charge in [0.1, 0.15) is 17.5 Å². The first kappa shape index (κ1) is 12.9. The highest BCUT2D eigenvalue weighted by Gasteiger charge is 2.47. The molecule has 3 heterocycles. The molecule has 4 nitrogen and oxygen atoms in total. The number of amides is 1. The molecular weight excluding hydrogens is 262 g/mol. The molecule has 1 saturated heterocycles. The highest BCUT2D eigenvalue weighted by Crippen LogP contribution is 2.46. The summed E-state index contributed by atoms with van der Waals surface area (Å²) in [6.07, 6.45) is 1.86. The van der Waals surface area contributed by atoms with E-state index in [1.807, 2.05) is 30.2 Å². The van der Waals surface area contributed by atoms with Crippen molar-refractivity contribution in [3.8, 4) is 5.75 Å². The highest BCUT2D eigenvalue weighted by atomic mass is 32.1. The van der Waals surface area contributed by atoms with Gasteiger partial charge in [-0.15, -0.1) is 11.3 Å². The summed E-state index contributed by atoms with van der Waals surface area (Å²) in [7, 11) is 0. The number of fused-ring (bicyclic) bond motifs is 1. The molecule has 0 aromatic carbocycles. The summed E-state index contributed by atoms with van der Waals surface area (Å²) < 4.78 is 5.85. The van der Waals surface area contributed by atoms with Crippen molar-refractivity contribution in [2.75, 3.05) is 6.54 Å². The minimum absolute atomic E-state index is 0.146. The normalized spacial score (nSPS) is 29.8. The van der Waals surface area contributed by atoms with Crippen LogP contribution in [0.1, 0.15) is 44.0 Å². The molecule has 0 radical (unpaired) electrons. The standard InChI is InChI=1S/C14H19NO3S/c1-14(2)13(17)11(12-9(18-14)6-8-19-12)15-7-4-3-5-10(15)16/h6,8,11,13,17H,3-5,7H2,1-2H3/t11-,13+/m1/s1. The van der Waals surface area contributed by atoms with Crippen LogP contribution >= 0.6 is 11.3 Å². The number of aliphatic hydroxyl groups is 1. The molecule has 0 bridgehead atoms. The fraction of sp³-hybridized carbons (Fsp3) is 0.643. The lowest BCUT2D eigenvalue weighted by molar-refractivity contribution is -0.146. The zero-order valence-corrected chi connectivity index (χ0v) is 12.1. The molecule has 2 aliphatic heterocycles. The Hall–Kier alpha value is -1.07. The minimum atomic E-state index is -0.694. The Morgan fingerprint density at radius 3 is 3.00 bits per heavy atom. The predicted molar refractivity (Wildman–Crippen MR) is 73.3 cm³/mol. The second-order valence-electron chi connectivity index (χ2n) is 5.79. The van der Waals surface area contributed by atoms with Gasteiger partial charge in [0.15, 0.2) is 0 Å². The van der Waals surface area contributed by atoms with Crippen LogP contribution < -0.4 is 4.74 Å². The molecule has 19 heavy (non-hydrogen) atoms. The Labute approximate surface area is 117 Å².